The maximum atomic E-state index is 5.85. The highest BCUT2D eigenvalue weighted by atomic mass is 127. The fourth-order valence-corrected chi connectivity index (χ4v) is 2.94. The fraction of sp³-hybridized carbons (Fsp3) is 0.600. The molecule has 1 heterocycles. The van der Waals surface area contributed by atoms with Crippen LogP contribution in [0.1, 0.15) is 19.4 Å². The van der Waals surface area contributed by atoms with Crippen LogP contribution in [0.5, 0.6) is 5.75 Å². The average molecular weight is 392 g/mol. The molecule has 0 radical (unpaired) electrons. The van der Waals surface area contributed by atoms with E-state index in [9.17, 15) is 0 Å². The normalized spacial score (nSPS) is 24.8. The van der Waals surface area contributed by atoms with Crippen molar-refractivity contribution in [1.29, 1.82) is 0 Å². The van der Waals surface area contributed by atoms with Gasteiger partial charge >= 0.3 is 0 Å². The smallest absolute Gasteiger partial charge is 0.163 e. The number of benzene rings is 1. The number of hydrogen-bond donors (Lipinski definition) is 0. The van der Waals surface area contributed by atoms with Gasteiger partial charge in [0.1, 0.15) is 11.9 Å². The summed E-state index contributed by atoms with van der Waals surface area (Å²) in [5.41, 5.74) is 1.12. The molecule has 0 aromatic heterocycles. The minimum atomic E-state index is -0.510. The predicted molar refractivity (Wildman–Crippen MR) is 85.4 cm³/mol. The van der Waals surface area contributed by atoms with Crippen molar-refractivity contribution in [2.75, 3.05) is 18.1 Å². The van der Waals surface area contributed by atoms with Crippen LogP contribution in [-0.4, -0.2) is 36.1 Å². The van der Waals surface area contributed by atoms with Gasteiger partial charge in [-0.3, -0.25) is 0 Å². The third-order valence-corrected chi connectivity index (χ3v) is 4.02. The third-order valence-electron chi connectivity index (χ3n) is 3.15. The van der Waals surface area contributed by atoms with Gasteiger partial charge in [-0.25, -0.2) is 0 Å². The van der Waals surface area contributed by atoms with Gasteiger partial charge in [0.2, 0.25) is 0 Å². The molecule has 1 saturated heterocycles. The predicted octanol–water partition coefficient (Wildman–Crippen LogP) is 3.17. The Kier molecular flexibility index (Phi) is 5.65. The van der Waals surface area contributed by atoms with Crippen molar-refractivity contribution in [3.8, 4) is 5.75 Å². The van der Waals surface area contributed by atoms with E-state index in [0.717, 1.165) is 15.7 Å². The number of alkyl halides is 1. The van der Waals surface area contributed by atoms with Crippen LogP contribution in [0.3, 0.4) is 0 Å². The summed E-state index contributed by atoms with van der Waals surface area (Å²) in [4.78, 5) is 0. The Hall–Kier alpha value is -0.370. The minimum absolute atomic E-state index is 0.000137. The Labute approximate surface area is 133 Å². The average Bonchev–Trinajstić information content (AvgIpc) is 2.74. The van der Waals surface area contributed by atoms with Gasteiger partial charge in [0, 0.05) is 4.43 Å². The van der Waals surface area contributed by atoms with E-state index < -0.39 is 5.79 Å². The topological polar surface area (TPSA) is 36.9 Å². The standard InChI is InChI=1S/C15H21IO4/c1-15(2)19-13(8-16)14(20-15)10-18-9-11-4-6-12(17-3)7-5-11/h4-7,13-14H,8-10H2,1-3H3/t13-,14-/m0/s1. The quantitative estimate of drug-likeness (QED) is 0.551. The van der Waals surface area contributed by atoms with Crippen LogP contribution in [0.4, 0.5) is 0 Å². The fourth-order valence-electron chi connectivity index (χ4n) is 2.20. The second-order valence-corrected chi connectivity index (χ2v) is 6.11. The lowest BCUT2D eigenvalue weighted by Crippen LogP contribution is -2.28. The van der Waals surface area contributed by atoms with Crippen LogP contribution in [0, 0.1) is 0 Å². The van der Waals surface area contributed by atoms with E-state index in [2.05, 4.69) is 22.6 Å². The molecule has 20 heavy (non-hydrogen) atoms. The molecule has 112 valence electrons. The molecule has 4 nitrogen and oxygen atoms in total. The Bertz CT molecular complexity index is 418. The van der Waals surface area contributed by atoms with Crippen molar-refractivity contribution in [2.24, 2.45) is 0 Å². The number of ether oxygens (including phenoxy) is 4. The summed E-state index contributed by atoms with van der Waals surface area (Å²) in [6.07, 6.45) is 0.0987. The first-order valence-corrected chi connectivity index (χ1v) is 8.19. The molecule has 1 fully saturated rings. The molecular formula is C15H21IO4. The van der Waals surface area contributed by atoms with Crippen LogP contribution < -0.4 is 4.74 Å². The second kappa shape index (κ2) is 7.06. The lowest BCUT2D eigenvalue weighted by atomic mass is 10.2. The van der Waals surface area contributed by atoms with Crippen LogP contribution in [0.2, 0.25) is 0 Å². The Morgan fingerprint density at radius 3 is 2.40 bits per heavy atom. The molecule has 2 atom stereocenters. The zero-order chi connectivity index (χ0) is 14.6. The van der Waals surface area contributed by atoms with Gasteiger partial charge in [0.25, 0.3) is 0 Å². The van der Waals surface area contributed by atoms with E-state index in [1.165, 1.54) is 0 Å². The van der Waals surface area contributed by atoms with E-state index in [4.69, 9.17) is 18.9 Å². The summed E-state index contributed by atoms with van der Waals surface area (Å²) in [6.45, 7) is 4.99. The highest BCUT2D eigenvalue weighted by molar-refractivity contribution is 14.1. The first kappa shape index (κ1) is 16.0. The summed E-state index contributed by atoms with van der Waals surface area (Å²) in [5, 5.41) is 0. The molecule has 5 heteroatoms. The number of halogens is 1. The maximum absolute atomic E-state index is 5.85. The third kappa shape index (κ3) is 4.31. The molecule has 0 saturated carbocycles. The molecule has 1 aromatic rings. The summed E-state index contributed by atoms with van der Waals surface area (Å²) in [7, 11) is 1.66. The van der Waals surface area contributed by atoms with E-state index in [1.807, 2.05) is 38.1 Å². The number of methoxy groups -OCH3 is 1. The molecule has 0 N–H and O–H groups in total. The van der Waals surface area contributed by atoms with E-state index >= 15 is 0 Å². The van der Waals surface area contributed by atoms with E-state index in [-0.39, 0.29) is 12.2 Å². The van der Waals surface area contributed by atoms with Gasteiger partial charge < -0.3 is 18.9 Å². The van der Waals surface area contributed by atoms with Gasteiger partial charge in [-0.1, -0.05) is 34.7 Å². The van der Waals surface area contributed by atoms with E-state index in [0.29, 0.717) is 13.2 Å². The SMILES string of the molecule is COc1ccc(COC[C@@H]2OC(C)(C)O[C@H]2CI)cc1. The first-order valence-electron chi connectivity index (χ1n) is 6.66. The summed E-state index contributed by atoms with van der Waals surface area (Å²) >= 11 is 2.32. The van der Waals surface area contributed by atoms with Crippen LogP contribution in [0.15, 0.2) is 24.3 Å². The molecule has 1 aliphatic rings. The molecule has 2 rings (SSSR count). The molecule has 0 unspecified atom stereocenters. The van der Waals surface area contributed by atoms with Crippen molar-refractivity contribution < 1.29 is 18.9 Å². The van der Waals surface area contributed by atoms with Crippen molar-refractivity contribution >= 4 is 22.6 Å². The summed E-state index contributed by atoms with van der Waals surface area (Å²) in [6, 6.07) is 7.88. The van der Waals surface area contributed by atoms with Gasteiger partial charge in [0.15, 0.2) is 5.79 Å². The van der Waals surface area contributed by atoms with Crippen LogP contribution >= 0.6 is 22.6 Å². The molecule has 0 aliphatic carbocycles. The minimum Gasteiger partial charge on any atom is -0.497 e. The molecular weight excluding hydrogens is 371 g/mol. The van der Waals surface area contributed by atoms with Crippen LogP contribution in [0.25, 0.3) is 0 Å². The zero-order valence-corrected chi connectivity index (χ0v) is 14.3. The van der Waals surface area contributed by atoms with Gasteiger partial charge in [-0.15, -0.1) is 0 Å². The first-order chi connectivity index (χ1) is 9.54. The molecule has 1 aliphatic heterocycles. The van der Waals surface area contributed by atoms with Gasteiger partial charge in [-0.05, 0) is 31.5 Å². The molecule has 0 spiro atoms. The lowest BCUT2D eigenvalue weighted by Gasteiger charge is -2.17. The maximum Gasteiger partial charge on any atom is 0.163 e. The molecule has 0 amide bonds. The largest absolute Gasteiger partial charge is 0.497 e. The Morgan fingerprint density at radius 2 is 1.80 bits per heavy atom. The zero-order valence-electron chi connectivity index (χ0n) is 12.1. The van der Waals surface area contributed by atoms with Crippen molar-refractivity contribution in [1.82, 2.24) is 0 Å². The Morgan fingerprint density at radius 1 is 1.15 bits per heavy atom. The van der Waals surface area contributed by atoms with Crippen molar-refractivity contribution in [2.45, 2.75) is 38.4 Å². The molecule has 1 aromatic carbocycles. The Balaban J connectivity index is 1.80. The lowest BCUT2D eigenvalue weighted by molar-refractivity contribution is -0.149. The molecule has 0 bridgehead atoms. The number of hydrogen-bond acceptors (Lipinski definition) is 4. The van der Waals surface area contributed by atoms with Gasteiger partial charge in [-0.2, -0.15) is 0 Å². The van der Waals surface area contributed by atoms with Crippen LogP contribution in [-0.2, 0) is 20.8 Å². The van der Waals surface area contributed by atoms with E-state index in [1.54, 1.807) is 7.11 Å². The highest BCUT2D eigenvalue weighted by Gasteiger charge is 2.40. The van der Waals surface area contributed by atoms with Crippen molar-refractivity contribution in [3.63, 3.8) is 0 Å². The van der Waals surface area contributed by atoms with Gasteiger partial charge in [0.05, 0.1) is 26.4 Å². The number of rotatable bonds is 6. The summed E-state index contributed by atoms with van der Waals surface area (Å²) < 4.78 is 23.5. The summed E-state index contributed by atoms with van der Waals surface area (Å²) in [5.74, 6) is 0.345. The monoisotopic (exact) mass is 392 g/mol. The second-order valence-electron chi connectivity index (χ2n) is 5.23. The highest BCUT2D eigenvalue weighted by Crippen LogP contribution is 2.29. The van der Waals surface area contributed by atoms with Crippen molar-refractivity contribution in [3.05, 3.63) is 29.8 Å².